The normalized spacial score (nSPS) is 16.6. The molecule has 1 heterocycles. The van der Waals surface area contributed by atoms with Gasteiger partial charge in [0.25, 0.3) is 0 Å². The number of halogens is 3. The van der Waals surface area contributed by atoms with Gasteiger partial charge in [0.1, 0.15) is 10.8 Å². The fraction of sp³-hybridized carbons (Fsp3) is 0.174. The van der Waals surface area contributed by atoms with Crippen LogP contribution < -0.4 is 15.4 Å². The number of nitrogens with zero attached hydrogens (tertiary/aromatic N) is 1. The van der Waals surface area contributed by atoms with Crippen molar-refractivity contribution in [3.8, 4) is 5.75 Å². The first kappa shape index (κ1) is 24.0. The van der Waals surface area contributed by atoms with Crippen LogP contribution in [-0.2, 0) is 0 Å². The monoisotopic (exact) mass is 477 g/mol. The van der Waals surface area contributed by atoms with Crippen molar-refractivity contribution >= 4 is 42.3 Å². The summed E-state index contributed by atoms with van der Waals surface area (Å²) in [5.41, 5.74) is 5.06. The Morgan fingerprint density at radius 3 is 2.50 bits per heavy atom. The van der Waals surface area contributed by atoms with Crippen LogP contribution >= 0.6 is 21.0 Å². The second-order valence-corrected chi connectivity index (χ2v) is 8.17. The van der Waals surface area contributed by atoms with Crippen molar-refractivity contribution in [2.24, 2.45) is 4.99 Å². The minimum Gasteiger partial charge on any atom is -0.406 e. The summed E-state index contributed by atoms with van der Waals surface area (Å²) >= 11 is 1.60. The van der Waals surface area contributed by atoms with E-state index in [0.29, 0.717) is 5.69 Å². The van der Waals surface area contributed by atoms with Crippen LogP contribution in [0.1, 0.15) is 18.1 Å². The molecule has 168 valence electrons. The van der Waals surface area contributed by atoms with Crippen molar-refractivity contribution in [3.63, 3.8) is 0 Å². The predicted molar refractivity (Wildman–Crippen MR) is 132 cm³/mol. The van der Waals surface area contributed by atoms with Gasteiger partial charge in [-0.15, -0.1) is 22.4 Å². The Morgan fingerprint density at radius 2 is 1.84 bits per heavy atom. The molecule has 1 aliphatic rings. The van der Waals surface area contributed by atoms with Gasteiger partial charge in [0.2, 0.25) is 0 Å². The van der Waals surface area contributed by atoms with Gasteiger partial charge in [-0.1, -0.05) is 23.9 Å². The van der Waals surface area contributed by atoms with Crippen LogP contribution in [0, 0.1) is 6.92 Å². The summed E-state index contributed by atoms with van der Waals surface area (Å²) < 4.78 is 40.6. The average Bonchev–Trinajstić information content (AvgIpc) is 3.16. The van der Waals surface area contributed by atoms with E-state index < -0.39 is 6.36 Å². The molecule has 1 unspecified atom stereocenters. The maximum atomic E-state index is 12.2. The van der Waals surface area contributed by atoms with Crippen LogP contribution in [0.4, 0.5) is 24.5 Å². The summed E-state index contributed by atoms with van der Waals surface area (Å²) in [5.74, 6) is -0.266. The molecule has 0 spiro atoms. The molecule has 2 N–H and O–H groups in total. The number of benzene rings is 2. The molecule has 0 aromatic heterocycles. The Bertz CT molecular complexity index is 1080. The molecule has 1 aliphatic heterocycles. The number of rotatable bonds is 7. The fourth-order valence-electron chi connectivity index (χ4n) is 2.94. The molecule has 0 saturated carbocycles. The lowest BCUT2D eigenvalue weighted by atomic mass is 10.1. The molecule has 0 fully saturated rings. The topological polar surface area (TPSA) is 45.7 Å². The van der Waals surface area contributed by atoms with Crippen molar-refractivity contribution in [2.75, 3.05) is 16.9 Å². The zero-order valence-electron chi connectivity index (χ0n) is 17.5. The lowest BCUT2D eigenvalue weighted by Gasteiger charge is -2.10. The highest BCUT2D eigenvalue weighted by Gasteiger charge is 2.30. The van der Waals surface area contributed by atoms with Crippen molar-refractivity contribution in [1.82, 2.24) is 0 Å². The maximum Gasteiger partial charge on any atom is 0.573 e. The van der Waals surface area contributed by atoms with Gasteiger partial charge in [0, 0.05) is 40.5 Å². The summed E-state index contributed by atoms with van der Waals surface area (Å²) in [6.07, 6.45) is 3.47. The molecule has 1 atom stereocenters. The molecule has 3 rings (SSSR count). The van der Waals surface area contributed by atoms with Gasteiger partial charge in [0.15, 0.2) is 0 Å². The number of hydrogen-bond acceptors (Lipinski definition) is 5. The zero-order valence-corrected chi connectivity index (χ0v) is 19.5. The average molecular weight is 477 g/mol. The molecule has 0 bridgehead atoms. The zero-order chi connectivity index (χ0) is 23.1. The number of alkyl halides is 3. The van der Waals surface area contributed by atoms with E-state index in [2.05, 4.69) is 60.8 Å². The van der Waals surface area contributed by atoms with Crippen molar-refractivity contribution in [2.45, 2.75) is 20.2 Å². The van der Waals surface area contributed by atoms with Gasteiger partial charge in [0.05, 0.1) is 0 Å². The van der Waals surface area contributed by atoms with Gasteiger partial charge in [-0.3, -0.25) is 0 Å². The smallest absolute Gasteiger partial charge is 0.406 e. The van der Waals surface area contributed by atoms with E-state index in [1.165, 1.54) is 29.8 Å². The van der Waals surface area contributed by atoms with Crippen LogP contribution in [-0.4, -0.2) is 17.7 Å². The third-order valence-electron chi connectivity index (χ3n) is 4.46. The Kier molecular flexibility index (Phi) is 8.04. The van der Waals surface area contributed by atoms with Gasteiger partial charge in [-0.2, -0.15) is 0 Å². The van der Waals surface area contributed by atoms with Gasteiger partial charge in [-0.05, 0) is 67.4 Å². The van der Waals surface area contributed by atoms with E-state index in [1.807, 2.05) is 13.0 Å². The molecule has 4 nitrogen and oxygen atoms in total. The molecular formula is C23H23F3N3OPS. The lowest BCUT2D eigenvalue weighted by molar-refractivity contribution is -0.274. The van der Waals surface area contributed by atoms with E-state index in [0.717, 1.165) is 33.1 Å². The van der Waals surface area contributed by atoms with Gasteiger partial charge in [-0.25, -0.2) is 4.99 Å². The predicted octanol–water partition coefficient (Wildman–Crippen LogP) is 7.15. The number of anilines is 2. The minimum atomic E-state index is -4.70. The maximum absolute atomic E-state index is 12.2. The second kappa shape index (κ2) is 10.7. The van der Waals surface area contributed by atoms with E-state index in [1.54, 1.807) is 24.2 Å². The fourth-order valence-corrected chi connectivity index (χ4v) is 4.31. The summed E-state index contributed by atoms with van der Waals surface area (Å²) in [7, 11) is 2.65. The highest BCUT2D eigenvalue weighted by Crippen LogP contribution is 2.41. The highest BCUT2D eigenvalue weighted by molar-refractivity contribution is 8.22. The molecule has 2 aromatic carbocycles. The van der Waals surface area contributed by atoms with E-state index in [-0.39, 0.29) is 5.75 Å². The summed E-state index contributed by atoms with van der Waals surface area (Å²) in [6.45, 7) is 4.05. The van der Waals surface area contributed by atoms with Crippen LogP contribution in [0.2, 0.25) is 0 Å². The Balaban J connectivity index is 1.66. The van der Waals surface area contributed by atoms with Gasteiger partial charge < -0.3 is 15.4 Å². The van der Waals surface area contributed by atoms with Gasteiger partial charge >= 0.3 is 6.36 Å². The van der Waals surface area contributed by atoms with Crippen molar-refractivity contribution < 1.29 is 17.9 Å². The van der Waals surface area contributed by atoms with Crippen molar-refractivity contribution in [3.05, 3.63) is 83.7 Å². The van der Waals surface area contributed by atoms with Crippen LogP contribution in [0.15, 0.2) is 77.6 Å². The number of thioether (sulfide) groups is 1. The van der Waals surface area contributed by atoms with Crippen LogP contribution in [0.5, 0.6) is 5.75 Å². The quantitative estimate of drug-likeness (QED) is 0.416. The Morgan fingerprint density at radius 1 is 1.12 bits per heavy atom. The third-order valence-corrected chi connectivity index (χ3v) is 5.76. The largest absolute Gasteiger partial charge is 0.573 e. The van der Waals surface area contributed by atoms with E-state index >= 15 is 0 Å². The molecule has 9 heteroatoms. The first-order valence-electron chi connectivity index (χ1n) is 9.75. The Hall–Kier alpha value is -2.70. The third kappa shape index (κ3) is 6.65. The van der Waals surface area contributed by atoms with E-state index in [4.69, 9.17) is 0 Å². The molecule has 32 heavy (non-hydrogen) atoms. The van der Waals surface area contributed by atoms with E-state index in [9.17, 15) is 13.2 Å². The Labute approximate surface area is 191 Å². The number of ether oxygens (including phenoxy) is 1. The number of allylic oxidation sites excluding steroid dienone is 2. The standard InChI is InChI=1S/C23H23F3N3OPS/c1-3-16-12-21(20-13-18(29-14-31)5-4-15(20)2)32-22(16)28-11-10-27-17-6-8-19(9-7-17)30-23(24,25)26/h3-13,27,29H,14,31H2,1-2H3/b11-10-,16-3-,28-22+. The first-order chi connectivity index (χ1) is 15.3. The summed E-state index contributed by atoms with van der Waals surface area (Å²) in [6, 6.07) is 11.8. The highest BCUT2D eigenvalue weighted by atomic mass is 32.2. The minimum absolute atomic E-state index is 0.266. The molecular weight excluding hydrogens is 454 g/mol. The molecule has 0 saturated heterocycles. The molecule has 0 aliphatic carbocycles. The number of hydrogen-bond donors (Lipinski definition) is 2. The van der Waals surface area contributed by atoms with Crippen LogP contribution in [0.3, 0.4) is 0 Å². The van der Waals surface area contributed by atoms with Crippen LogP contribution in [0.25, 0.3) is 4.91 Å². The molecule has 0 radical (unpaired) electrons. The summed E-state index contributed by atoms with van der Waals surface area (Å²) in [5, 5.41) is 7.16. The number of nitrogens with one attached hydrogen (secondary N) is 2. The summed E-state index contributed by atoms with van der Waals surface area (Å²) in [4.78, 5) is 5.67. The molecule has 0 amide bonds. The number of aliphatic imine (C=N–C) groups is 1. The molecule has 2 aromatic rings. The van der Waals surface area contributed by atoms with Crippen molar-refractivity contribution in [1.29, 1.82) is 0 Å². The number of aryl methyl sites for hydroxylation is 1. The lowest BCUT2D eigenvalue weighted by Crippen LogP contribution is -2.16. The first-order valence-corrected chi connectivity index (χ1v) is 11.4. The SMILES string of the molecule is C/C=C1/C=C(c2cc(NCP)ccc2C)S/C1=N/C=C\Nc1ccc(OC(F)(F)F)cc1. The second-order valence-electron chi connectivity index (χ2n) is 6.73.